The number of rotatable bonds is 3. The Morgan fingerprint density at radius 1 is 1.00 bits per heavy atom. The van der Waals surface area contributed by atoms with Gasteiger partial charge in [0.15, 0.2) is 0 Å². The van der Waals surface area contributed by atoms with E-state index in [2.05, 4.69) is 14.8 Å². The van der Waals surface area contributed by atoms with Crippen molar-refractivity contribution in [3.8, 4) is 28.1 Å². The van der Waals surface area contributed by atoms with Gasteiger partial charge in [-0.15, -0.1) is 24.5 Å². The highest BCUT2D eigenvalue weighted by Gasteiger charge is 2.38. The first-order chi connectivity index (χ1) is 16.3. The first-order valence-corrected chi connectivity index (χ1v) is 10.2. The van der Waals surface area contributed by atoms with E-state index < -0.39 is 18.5 Å². The molecular weight excluding hydrogens is 504 g/mol. The molecule has 0 radical (unpaired) electrons. The molecule has 4 aromatic rings. The van der Waals surface area contributed by atoms with Crippen molar-refractivity contribution in [3.63, 3.8) is 0 Å². The molecule has 4 rings (SSSR count). The highest BCUT2D eigenvalue weighted by Crippen LogP contribution is 2.37. The number of aliphatic carboxylic acids is 1. The van der Waals surface area contributed by atoms with E-state index in [9.17, 15) is 31.1 Å². The largest absolute Gasteiger partial charge is 0.573 e. The van der Waals surface area contributed by atoms with Gasteiger partial charge in [0.2, 0.25) is 0 Å². The molecule has 0 aliphatic rings. The van der Waals surface area contributed by atoms with Crippen LogP contribution in [0.15, 0.2) is 59.0 Å². The fourth-order valence-electron chi connectivity index (χ4n) is 2.89. The molecule has 1 N–H and O–H groups in total. The maximum absolute atomic E-state index is 12.7. The predicted octanol–water partition coefficient (Wildman–Crippen LogP) is 5.26. The minimum Gasteiger partial charge on any atom is -0.475 e. The Hall–Kier alpha value is -3.94. The summed E-state index contributed by atoms with van der Waals surface area (Å²) < 4.78 is 74.6. The smallest absolute Gasteiger partial charge is 0.475 e. The zero-order valence-electron chi connectivity index (χ0n) is 17.4. The Bertz CT molecular complexity index is 1400. The lowest BCUT2D eigenvalue weighted by Gasteiger charge is -2.10. The molecule has 0 unspecified atom stereocenters. The minimum absolute atomic E-state index is 0.246. The molecule has 184 valence electrons. The van der Waals surface area contributed by atoms with Crippen LogP contribution in [0.4, 0.5) is 26.3 Å². The number of pyridine rings is 1. The zero-order valence-corrected chi connectivity index (χ0v) is 18.2. The van der Waals surface area contributed by atoms with Gasteiger partial charge in [-0.2, -0.15) is 18.3 Å². The summed E-state index contributed by atoms with van der Waals surface area (Å²) in [5, 5.41) is 13.8. The standard InChI is InChI=1S/C19H12F3N3O2S.C2HF3O2/c1-25-18(26)15-14(11-6-8-23-9-7-11)10-28-17(15)16(24-25)12-2-4-13(5-3-12)27-19(20,21)22;3-2(4,5)1(6)7/h2-10H,1H3;(H,6,7). The second-order valence-corrected chi connectivity index (χ2v) is 7.62. The van der Waals surface area contributed by atoms with Gasteiger partial charge in [-0.3, -0.25) is 9.78 Å². The predicted molar refractivity (Wildman–Crippen MR) is 114 cm³/mol. The molecule has 3 aromatic heterocycles. The number of ether oxygens (including phenoxy) is 1. The van der Waals surface area contributed by atoms with Crippen LogP contribution in [0.3, 0.4) is 0 Å². The lowest BCUT2D eigenvalue weighted by atomic mass is 10.1. The van der Waals surface area contributed by atoms with Crippen molar-refractivity contribution >= 4 is 27.4 Å². The lowest BCUT2D eigenvalue weighted by Crippen LogP contribution is -2.21. The van der Waals surface area contributed by atoms with E-state index in [-0.39, 0.29) is 11.3 Å². The number of carboxylic acid groups (broad SMARTS) is 1. The fraction of sp³-hybridized carbons (Fsp3) is 0.143. The molecule has 14 heteroatoms. The average Bonchev–Trinajstić information content (AvgIpc) is 3.22. The van der Waals surface area contributed by atoms with Gasteiger partial charge in [0.05, 0.1) is 10.1 Å². The number of halogens is 6. The van der Waals surface area contributed by atoms with Crippen molar-refractivity contribution < 1.29 is 41.0 Å². The van der Waals surface area contributed by atoms with E-state index in [0.29, 0.717) is 21.3 Å². The van der Waals surface area contributed by atoms with Crippen molar-refractivity contribution in [2.24, 2.45) is 7.05 Å². The minimum atomic E-state index is -5.08. The second-order valence-electron chi connectivity index (χ2n) is 6.74. The van der Waals surface area contributed by atoms with Crippen LogP contribution < -0.4 is 10.3 Å². The quantitative estimate of drug-likeness (QED) is 0.373. The monoisotopic (exact) mass is 517 g/mol. The summed E-state index contributed by atoms with van der Waals surface area (Å²) in [6.45, 7) is 0. The lowest BCUT2D eigenvalue weighted by molar-refractivity contribution is -0.274. The first kappa shape index (κ1) is 25.7. The number of carbonyl (C=O) groups is 1. The van der Waals surface area contributed by atoms with Crippen molar-refractivity contribution in [3.05, 3.63) is 64.5 Å². The molecule has 0 saturated heterocycles. The summed E-state index contributed by atoms with van der Waals surface area (Å²) in [6, 6.07) is 9.03. The third-order valence-corrected chi connectivity index (χ3v) is 5.35. The summed E-state index contributed by atoms with van der Waals surface area (Å²) in [6.07, 6.45) is -6.55. The van der Waals surface area contributed by atoms with Crippen molar-refractivity contribution in [1.29, 1.82) is 0 Å². The number of hydrogen-bond donors (Lipinski definition) is 1. The number of nitrogens with zero attached hydrogens (tertiary/aromatic N) is 3. The Kier molecular flexibility index (Phi) is 7.14. The molecule has 0 saturated carbocycles. The third kappa shape index (κ3) is 6.15. The molecular formula is C21H13F6N3O4S. The number of carboxylic acids is 1. The van der Waals surface area contributed by atoms with Crippen LogP contribution in [0.5, 0.6) is 5.75 Å². The SMILES string of the molecule is Cn1nc(-c2ccc(OC(F)(F)F)cc2)c2scc(-c3ccncc3)c2c1=O.O=C(O)C(F)(F)F. The van der Waals surface area contributed by atoms with Gasteiger partial charge in [0.25, 0.3) is 5.56 Å². The Balaban J connectivity index is 0.000000429. The molecule has 35 heavy (non-hydrogen) atoms. The molecule has 0 bridgehead atoms. The molecule has 0 amide bonds. The third-order valence-electron chi connectivity index (χ3n) is 4.36. The van der Waals surface area contributed by atoms with Crippen LogP contribution in [0.1, 0.15) is 0 Å². The zero-order chi connectivity index (χ0) is 26.0. The number of benzene rings is 1. The Morgan fingerprint density at radius 3 is 2.09 bits per heavy atom. The summed E-state index contributed by atoms with van der Waals surface area (Å²) >= 11 is 1.36. The molecule has 3 heterocycles. The van der Waals surface area contributed by atoms with Gasteiger partial charge in [0.1, 0.15) is 11.4 Å². The maximum atomic E-state index is 12.7. The molecule has 0 aliphatic carbocycles. The van der Waals surface area contributed by atoms with Gasteiger partial charge in [0, 0.05) is 35.9 Å². The van der Waals surface area contributed by atoms with Crippen molar-refractivity contribution in [2.75, 3.05) is 0 Å². The number of aryl methyl sites for hydroxylation is 1. The normalized spacial score (nSPS) is 11.6. The fourth-order valence-corrected chi connectivity index (χ4v) is 3.97. The highest BCUT2D eigenvalue weighted by molar-refractivity contribution is 7.18. The van der Waals surface area contributed by atoms with E-state index >= 15 is 0 Å². The molecule has 0 aliphatic heterocycles. The van der Waals surface area contributed by atoms with Crippen molar-refractivity contribution in [2.45, 2.75) is 12.5 Å². The van der Waals surface area contributed by atoms with E-state index in [4.69, 9.17) is 9.90 Å². The first-order valence-electron chi connectivity index (χ1n) is 9.33. The number of alkyl halides is 6. The average molecular weight is 517 g/mol. The molecule has 0 atom stereocenters. The van der Waals surface area contributed by atoms with Crippen LogP contribution in [0, 0.1) is 0 Å². The number of thiophene rings is 1. The Morgan fingerprint density at radius 2 is 1.57 bits per heavy atom. The van der Waals surface area contributed by atoms with Crippen LogP contribution >= 0.6 is 11.3 Å². The molecule has 7 nitrogen and oxygen atoms in total. The van der Waals surface area contributed by atoms with E-state index in [1.165, 1.54) is 40.3 Å². The van der Waals surface area contributed by atoms with E-state index in [1.54, 1.807) is 19.4 Å². The topological polar surface area (TPSA) is 94.3 Å². The summed E-state index contributed by atoms with van der Waals surface area (Å²) in [7, 11) is 1.54. The van der Waals surface area contributed by atoms with Crippen LogP contribution in [-0.4, -0.2) is 38.4 Å². The van der Waals surface area contributed by atoms with E-state index in [1.807, 2.05) is 17.5 Å². The molecule has 0 fully saturated rings. The van der Waals surface area contributed by atoms with Crippen molar-refractivity contribution in [1.82, 2.24) is 14.8 Å². The van der Waals surface area contributed by atoms with Gasteiger partial charge in [-0.25, -0.2) is 9.48 Å². The van der Waals surface area contributed by atoms with Crippen LogP contribution in [0.2, 0.25) is 0 Å². The summed E-state index contributed by atoms with van der Waals surface area (Å²) in [5.74, 6) is -3.08. The highest BCUT2D eigenvalue weighted by atomic mass is 32.1. The van der Waals surface area contributed by atoms with Crippen LogP contribution in [-0.2, 0) is 11.8 Å². The van der Waals surface area contributed by atoms with Gasteiger partial charge < -0.3 is 9.84 Å². The molecule has 0 spiro atoms. The summed E-state index contributed by atoms with van der Waals surface area (Å²) in [4.78, 5) is 25.6. The molecule has 1 aromatic carbocycles. The van der Waals surface area contributed by atoms with Crippen LogP contribution in [0.25, 0.3) is 32.5 Å². The van der Waals surface area contributed by atoms with Gasteiger partial charge in [-0.1, -0.05) is 0 Å². The number of hydrogen-bond acceptors (Lipinski definition) is 6. The summed E-state index contributed by atoms with van der Waals surface area (Å²) in [5.41, 5.74) is 2.47. The number of aromatic nitrogens is 3. The second kappa shape index (κ2) is 9.74. The van der Waals surface area contributed by atoms with E-state index in [0.717, 1.165) is 11.1 Å². The number of fused-ring (bicyclic) bond motifs is 1. The Labute approximate surface area is 195 Å². The van der Waals surface area contributed by atoms with Gasteiger partial charge >= 0.3 is 18.5 Å². The van der Waals surface area contributed by atoms with Gasteiger partial charge in [-0.05, 0) is 42.0 Å². The maximum Gasteiger partial charge on any atom is 0.573 e.